The number of aliphatic imine (C=N–C) groups is 5. The molecule has 3 aliphatic heterocycles. The van der Waals surface area contributed by atoms with Crippen LogP contribution in [0.25, 0.3) is 10.8 Å². The van der Waals surface area contributed by atoms with Gasteiger partial charge in [-0.15, -0.1) is 11.8 Å². The predicted octanol–water partition coefficient (Wildman–Crippen LogP) is 23.0. The van der Waals surface area contributed by atoms with E-state index in [0.29, 0.717) is 35.3 Å². The molecule has 510 valence electrons. The molecule has 0 atom stereocenters. The molecule has 8 rings (SSSR count). The van der Waals surface area contributed by atoms with E-state index in [1.807, 2.05) is 6.26 Å². The third kappa shape index (κ3) is 19.6. The Morgan fingerprint density at radius 3 is 1.32 bits per heavy atom. The summed E-state index contributed by atoms with van der Waals surface area (Å²) in [4.78, 5) is 47.2. The van der Waals surface area contributed by atoms with Gasteiger partial charge in [0.2, 0.25) is 0 Å². The number of fused-ring (bicyclic) bond motifs is 4. The number of esters is 1. The molecule has 0 bridgehead atoms. The van der Waals surface area contributed by atoms with Crippen molar-refractivity contribution in [3.8, 4) is 0 Å². The number of aryl methyl sites for hydroxylation is 7. The number of aromatic amines is 1. The number of thioether (sulfide) groups is 1. The fourth-order valence-corrected chi connectivity index (χ4v) is 14.8. The van der Waals surface area contributed by atoms with E-state index in [-0.39, 0.29) is 17.7 Å². The maximum absolute atomic E-state index is 14.9. The SMILES string of the molecule is CCCCCCc1ccc(CCCCCC)c2c1C(=N)N=C2N=C1NC(=NC2=N/C(=N\c3[nH]cc4c(CCCCCC)ccc(CCCCCC)c34)c3c(CCCCCC)ccc(CCCCCC)c32)c2c(CCCCCC)cc(C(=O)OCSC)c(CCCCCC)c21. The van der Waals surface area contributed by atoms with Crippen LogP contribution in [0.5, 0.6) is 0 Å². The van der Waals surface area contributed by atoms with Crippen LogP contribution >= 0.6 is 11.8 Å². The summed E-state index contributed by atoms with van der Waals surface area (Å²) in [6.07, 6.45) is 47.9. The summed E-state index contributed by atoms with van der Waals surface area (Å²) in [6, 6.07) is 16.4. The van der Waals surface area contributed by atoms with Crippen LogP contribution in [0.1, 0.15) is 349 Å². The largest absolute Gasteiger partial charge is 0.451 e. The van der Waals surface area contributed by atoms with Gasteiger partial charge in [-0.25, -0.2) is 29.8 Å². The monoisotopic (exact) mass is 1290 g/mol. The van der Waals surface area contributed by atoms with Crippen molar-refractivity contribution in [3.63, 3.8) is 0 Å². The van der Waals surface area contributed by atoms with Gasteiger partial charge >= 0.3 is 5.97 Å². The molecule has 4 aromatic carbocycles. The Morgan fingerprint density at radius 1 is 0.436 bits per heavy atom. The summed E-state index contributed by atoms with van der Waals surface area (Å²) in [5, 5.41) is 16.2. The van der Waals surface area contributed by atoms with Gasteiger partial charge in [-0.05, 0) is 160 Å². The first-order chi connectivity index (χ1) is 46.2. The van der Waals surface area contributed by atoms with Gasteiger partial charge in [0, 0.05) is 50.4 Å². The molecule has 11 heteroatoms. The summed E-state index contributed by atoms with van der Waals surface area (Å²) >= 11 is 1.52. The molecule has 5 aromatic rings. The number of nitrogens with one attached hydrogen (secondary N) is 3. The molecule has 94 heavy (non-hydrogen) atoms. The fourth-order valence-electron chi connectivity index (χ4n) is 14.6. The van der Waals surface area contributed by atoms with E-state index in [4.69, 9.17) is 29.7 Å². The van der Waals surface area contributed by atoms with Crippen molar-refractivity contribution in [2.24, 2.45) is 25.0 Å². The van der Waals surface area contributed by atoms with Crippen LogP contribution in [0.3, 0.4) is 0 Å². The van der Waals surface area contributed by atoms with E-state index >= 15 is 0 Å². The number of rotatable bonds is 44. The molecule has 0 saturated carbocycles. The molecular weight excluding hydrogens is 1170 g/mol. The number of hydrogen-bond donors (Lipinski definition) is 3. The van der Waals surface area contributed by atoms with Crippen LogP contribution in [0, 0.1) is 5.41 Å². The molecular formula is C83H120N8O2S. The topological polar surface area (TPSA) is 140 Å². The van der Waals surface area contributed by atoms with Crippen molar-refractivity contribution in [3.05, 3.63) is 132 Å². The number of carbonyl (C=O) groups is 1. The highest BCUT2D eigenvalue weighted by atomic mass is 32.2. The van der Waals surface area contributed by atoms with Gasteiger partial charge in [0.1, 0.15) is 23.4 Å². The smallest absolute Gasteiger partial charge is 0.339 e. The molecule has 0 unspecified atom stereocenters. The Hall–Kier alpha value is -5.94. The number of hydrogen-bond acceptors (Lipinski definition) is 7. The first-order valence-electron chi connectivity index (χ1n) is 38.3. The van der Waals surface area contributed by atoms with E-state index in [1.54, 1.807) is 0 Å². The Bertz CT molecular complexity index is 3430. The zero-order valence-electron chi connectivity index (χ0n) is 60.1. The van der Waals surface area contributed by atoms with Gasteiger partial charge in [0.25, 0.3) is 0 Å². The Morgan fingerprint density at radius 2 is 0.830 bits per heavy atom. The van der Waals surface area contributed by atoms with Gasteiger partial charge in [0.15, 0.2) is 23.3 Å². The number of amidine groups is 6. The minimum absolute atomic E-state index is 0.268. The lowest BCUT2D eigenvalue weighted by molar-refractivity contribution is 0.0578. The average molecular weight is 1290 g/mol. The van der Waals surface area contributed by atoms with Gasteiger partial charge < -0.3 is 15.0 Å². The Kier molecular flexibility index (Phi) is 31.4. The molecule has 0 aliphatic carbocycles. The number of nitrogens with zero attached hydrogens (tertiary/aromatic N) is 5. The van der Waals surface area contributed by atoms with Crippen LogP contribution in [0.15, 0.2) is 73.6 Å². The number of unbranched alkanes of at least 4 members (excludes halogenated alkanes) is 24. The molecule has 0 saturated heterocycles. The molecule has 0 fully saturated rings. The van der Waals surface area contributed by atoms with Crippen LogP contribution in [-0.4, -0.2) is 58.2 Å². The van der Waals surface area contributed by atoms with Crippen LogP contribution in [-0.2, 0) is 56.1 Å². The lowest BCUT2D eigenvalue weighted by Crippen LogP contribution is -2.25. The van der Waals surface area contributed by atoms with Crippen molar-refractivity contribution in [2.45, 2.75) is 312 Å². The highest BCUT2D eigenvalue weighted by Gasteiger charge is 2.37. The lowest BCUT2D eigenvalue weighted by Gasteiger charge is -2.18. The Balaban J connectivity index is 1.42. The van der Waals surface area contributed by atoms with Gasteiger partial charge in [-0.1, -0.05) is 246 Å². The molecule has 3 aliphatic rings. The highest BCUT2D eigenvalue weighted by molar-refractivity contribution is 7.98. The highest BCUT2D eigenvalue weighted by Crippen LogP contribution is 2.40. The molecule has 4 heterocycles. The summed E-state index contributed by atoms with van der Waals surface area (Å²) in [5.41, 5.74) is 16.4. The van der Waals surface area contributed by atoms with Gasteiger partial charge in [0.05, 0.1) is 5.56 Å². The lowest BCUT2D eigenvalue weighted by atomic mass is 9.87. The fraction of sp³-hybridized carbons (Fsp3) is 0.602. The minimum Gasteiger partial charge on any atom is -0.451 e. The molecule has 0 amide bonds. The summed E-state index contributed by atoms with van der Waals surface area (Å²) in [5.74, 6) is 4.44. The normalized spacial score (nSPS) is 14.6. The van der Waals surface area contributed by atoms with Crippen molar-refractivity contribution < 1.29 is 9.53 Å². The average Bonchev–Trinajstić information content (AvgIpc) is 1.57. The zero-order chi connectivity index (χ0) is 66.4. The zero-order valence-corrected chi connectivity index (χ0v) is 60.9. The molecule has 3 N–H and O–H groups in total. The maximum atomic E-state index is 14.9. The summed E-state index contributed by atoms with van der Waals surface area (Å²) in [6.45, 7) is 18.2. The first kappa shape index (κ1) is 73.9. The number of H-pyrrole nitrogens is 1. The summed E-state index contributed by atoms with van der Waals surface area (Å²) < 4.78 is 6.15. The summed E-state index contributed by atoms with van der Waals surface area (Å²) in [7, 11) is 0. The van der Waals surface area contributed by atoms with Gasteiger partial charge in [-0.3, -0.25) is 5.41 Å². The van der Waals surface area contributed by atoms with E-state index in [2.05, 4.69) is 114 Å². The number of aromatic nitrogens is 1. The minimum atomic E-state index is -0.298. The predicted molar refractivity (Wildman–Crippen MR) is 406 cm³/mol. The second-order valence-electron chi connectivity index (χ2n) is 27.4. The molecule has 1 aromatic heterocycles. The van der Waals surface area contributed by atoms with Crippen molar-refractivity contribution >= 4 is 69.3 Å². The maximum Gasteiger partial charge on any atom is 0.339 e. The molecule has 10 nitrogen and oxygen atoms in total. The number of benzene rings is 4. The Labute approximate surface area is 572 Å². The van der Waals surface area contributed by atoms with Crippen molar-refractivity contribution in [1.29, 1.82) is 5.41 Å². The molecule has 0 radical (unpaired) electrons. The van der Waals surface area contributed by atoms with Crippen molar-refractivity contribution in [2.75, 3.05) is 12.2 Å². The van der Waals surface area contributed by atoms with Crippen LogP contribution in [0.2, 0.25) is 0 Å². The van der Waals surface area contributed by atoms with Crippen molar-refractivity contribution in [1.82, 2.24) is 10.3 Å². The quantitative estimate of drug-likeness (QED) is 0.0203. The number of ether oxygens (including phenoxy) is 1. The van der Waals surface area contributed by atoms with E-state index in [1.165, 1.54) is 159 Å². The van der Waals surface area contributed by atoms with Crippen LogP contribution < -0.4 is 5.32 Å². The second kappa shape index (κ2) is 39.9. The second-order valence-corrected chi connectivity index (χ2v) is 28.2. The van der Waals surface area contributed by atoms with Crippen LogP contribution in [0.4, 0.5) is 5.82 Å². The third-order valence-corrected chi connectivity index (χ3v) is 20.2. The van der Waals surface area contributed by atoms with E-state index < -0.39 is 0 Å². The number of carbonyl (C=O) groups excluding carboxylic acids is 1. The molecule has 0 spiro atoms. The first-order valence-corrected chi connectivity index (χ1v) is 39.6. The van der Waals surface area contributed by atoms with E-state index in [0.717, 1.165) is 204 Å². The standard InChI is InChI=1S/C83H120N8O2S/c1-10-18-26-34-42-59-50-51-60(43-35-27-19-11-2)69-68(59)57-85-77(69)87-79-72-63(46-38-30-22-14-5)54-55-64(47-39-31-23-15-6)73(72)80(89-79)90-81-74-65(48-40-32-24-16-7)56-67(83(92)93-58-94-9)66(49-41-33-25-17-8)75(74)82(91-81)88-78-71-62(45-37-29-21-13-4)53-52-61(44-36-28-20-12-3)70(71)76(84)86-78/h50-57,85H,10-49,58H2,1-9H3,(H2,84,86,87,88,89,90,91). The van der Waals surface area contributed by atoms with Gasteiger partial charge in [-0.2, -0.15) is 0 Å². The van der Waals surface area contributed by atoms with E-state index in [9.17, 15) is 10.2 Å². The third-order valence-electron chi connectivity index (χ3n) is 19.9.